The summed E-state index contributed by atoms with van der Waals surface area (Å²) in [5, 5.41) is 4.22. The topological polar surface area (TPSA) is 29.1 Å². The number of hydrogen-bond donors (Lipinski definition) is 1. The molecule has 1 amide bonds. The Balaban J connectivity index is 1.71. The van der Waals surface area contributed by atoms with Crippen molar-refractivity contribution in [3.05, 3.63) is 21.4 Å². The fourth-order valence-electron chi connectivity index (χ4n) is 3.51. The van der Waals surface area contributed by atoms with E-state index in [4.69, 9.17) is 0 Å². The maximum Gasteiger partial charge on any atom is 0.261 e. The van der Waals surface area contributed by atoms with Crippen LogP contribution in [0.1, 0.15) is 65.6 Å². The van der Waals surface area contributed by atoms with Gasteiger partial charge in [0.2, 0.25) is 0 Å². The van der Waals surface area contributed by atoms with E-state index in [9.17, 15) is 4.79 Å². The van der Waals surface area contributed by atoms with E-state index in [0.29, 0.717) is 0 Å². The molecule has 1 heterocycles. The van der Waals surface area contributed by atoms with Crippen LogP contribution >= 0.6 is 27.3 Å². The molecule has 0 bridgehead atoms. The Labute approximate surface area is 139 Å². The maximum atomic E-state index is 12.7. The predicted molar refractivity (Wildman–Crippen MR) is 92.6 cm³/mol. The number of hydrogen-bond acceptors (Lipinski definition) is 2. The zero-order chi connectivity index (χ0) is 14.9. The summed E-state index contributed by atoms with van der Waals surface area (Å²) < 4.78 is 0. The van der Waals surface area contributed by atoms with E-state index in [2.05, 4.69) is 34.2 Å². The summed E-state index contributed by atoms with van der Waals surface area (Å²) in [6.45, 7) is 2.31. The molecule has 2 nitrogen and oxygen atoms in total. The van der Waals surface area contributed by atoms with Crippen LogP contribution in [-0.4, -0.2) is 16.8 Å². The third-order valence-corrected chi connectivity index (χ3v) is 7.40. The highest BCUT2D eigenvalue weighted by molar-refractivity contribution is 9.09. The standard InChI is InChI=1S/C17H24BrNOS/c1-12-6-8-17(11-18,9-7-12)19-16(20)15-10-13-4-2-3-5-14(13)21-15/h10,12H,2-9,11H2,1H3,(H,19,20). The van der Waals surface area contributed by atoms with E-state index in [1.54, 1.807) is 11.3 Å². The van der Waals surface area contributed by atoms with Crippen molar-refractivity contribution in [1.29, 1.82) is 0 Å². The Morgan fingerprint density at radius 1 is 1.38 bits per heavy atom. The smallest absolute Gasteiger partial charge is 0.261 e. The average Bonchev–Trinajstić information content (AvgIpc) is 2.94. The van der Waals surface area contributed by atoms with Gasteiger partial charge in [0.15, 0.2) is 0 Å². The molecule has 0 aliphatic heterocycles. The first kappa shape index (κ1) is 15.5. The van der Waals surface area contributed by atoms with Crippen LogP contribution in [0.15, 0.2) is 6.07 Å². The van der Waals surface area contributed by atoms with Crippen molar-refractivity contribution in [3.63, 3.8) is 0 Å². The van der Waals surface area contributed by atoms with Crippen LogP contribution < -0.4 is 5.32 Å². The minimum absolute atomic E-state index is 0.0336. The molecule has 1 saturated carbocycles. The van der Waals surface area contributed by atoms with Gasteiger partial charge in [0.05, 0.1) is 10.4 Å². The molecular weight excluding hydrogens is 346 g/mol. The lowest BCUT2D eigenvalue weighted by Gasteiger charge is -2.38. The number of fused-ring (bicyclic) bond motifs is 1. The number of rotatable bonds is 3. The van der Waals surface area contributed by atoms with Crippen molar-refractivity contribution in [2.75, 3.05) is 5.33 Å². The SMILES string of the molecule is CC1CCC(CBr)(NC(=O)c2cc3c(s2)CCCC3)CC1. The van der Waals surface area contributed by atoms with Crippen molar-refractivity contribution in [3.8, 4) is 0 Å². The molecule has 2 aliphatic carbocycles. The summed E-state index contributed by atoms with van der Waals surface area (Å²) in [5.41, 5.74) is 1.38. The first-order valence-electron chi connectivity index (χ1n) is 8.12. The molecule has 116 valence electrons. The molecule has 0 spiro atoms. The highest BCUT2D eigenvalue weighted by atomic mass is 79.9. The third-order valence-electron chi connectivity index (χ3n) is 5.09. The predicted octanol–water partition coefficient (Wildman–Crippen LogP) is 4.70. The molecule has 21 heavy (non-hydrogen) atoms. The summed E-state index contributed by atoms with van der Waals surface area (Å²) in [6.07, 6.45) is 9.48. The van der Waals surface area contributed by atoms with Crippen molar-refractivity contribution in [2.45, 2.75) is 63.8 Å². The zero-order valence-electron chi connectivity index (χ0n) is 12.7. The highest BCUT2D eigenvalue weighted by Crippen LogP contribution is 2.34. The Bertz CT molecular complexity index is 493. The summed E-state index contributed by atoms with van der Waals surface area (Å²) in [4.78, 5) is 15.0. The average molecular weight is 370 g/mol. The van der Waals surface area contributed by atoms with Crippen LogP contribution in [0, 0.1) is 5.92 Å². The molecule has 2 aliphatic rings. The normalized spacial score (nSPS) is 29.0. The van der Waals surface area contributed by atoms with Crippen LogP contribution in [0.3, 0.4) is 0 Å². The molecule has 0 radical (unpaired) electrons. The summed E-state index contributed by atoms with van der Waals surface area (Å²) >= 11 is 5.35. The van der Waals surface area contributed by atoms with Crippen molar-refractivity contribution < 1.29 is 4.79 Å². The van der Waals surface area contributed by atoms with Crippen molar-refractivity contribution in [2.24, 2.45) is 5.92 Å². The molecule has 3 rings (SSSR count). The van der Waals surface area contributed by atoms with Gasteiger partial charge in [0.25, 0.3) is 5.91 Å². The lowest BCUT2D eigenvalue weighted by Crippen LogP contribution is -2.51. The lowest BCUT2D eigenvalue weighted by molar-refractivity contribution is 0.0878. The number of thiophene rings is 1. The Morgan fingerprint density at radius 2 is 2.10 bits per heavy atom. The minimum Gasteiger partial charge on any atom is -0.345 e. The van der Waals surface area contributed by atoms with Crippen molar-refractivity contribution >= 4 is 33.2 Å². The first-order valence-corrected chi connectivity index (χ1v) is 10.1. The van der Waals surface area contributed by atoms with Gasteiger partial charge in [0.1, 0.15) is 0 Å². The number of carbonyl (C=O) groups is 1. The third kappa shape index (κ3) is 3.37. The molecule has 0 saturated heterocycles. The van der Waals surface area contributed by atoms with Gasteiger partial charge in [-0.3, -0.25) is 4.79 Å². The van der Waals surface area contributed by atoms with Crippen LogP contribution in [0.5, 0.6) is 0 Å². The number of nitrogens with one attached hydrogen (secondary N) is 1. The Kier molecular flexibility index (Phi) is 4.75. The van der Waals surface area contributed by atoms with Gasteiger partial charge >= 0.3 is 0 Å². The van der Waals surface area contributed by atoms with E-state index in [1.807, 2.05) is 0 Å². The van der Waals surface area contributed by atoms with Gasteiger partial charge in [-0.15, -0.1) is 11.3 Å². The Hall–Kier alpha value is -0.350. The number of alkyl halides is 1. The molecule has 0 aromatic carbocycles. The van der Waals surface area contributed by atoms with Gasteiger partial charge in [-0.25, -0.2) is 0 Å². The number of amides is 1. The fraction of sp³-hybridized carbons (Fsp3) is 0.706. The second-order valence-electron chi connectivity index (χ2n) is 6.82. The molecule has 1 N–H and O–H groups in total. The Morgan fingerprint density at radius 3 is 2.76 bits per heavy atom. The van der Waals surface area contributed by atoms with Crippen LogP contribution in [-0.2, 0) is 12.8 Å². The van der Waals surface area contributed by atoms with E-state index in [1.165, 1.54) is 36.1 Å². The second-order valence-corrected chi connectivity index (χ2v) is 8.51. The monoisotopic (exact) mass is 369 g/mol. The van der Waals surface area contributed by atoms with E-state index >= 15 is 0 Å². The molecule has 1 aromatic rings. The zero-order valence-corrected chi connectivity index (χ0v) is 15.1. The summed E-state index contributed by atoms with van der Waals surface area (Å²) in [5.74, 6) is 0.937. The van der Waals surface area contributed by atoms with Gasteiger partial charge in [-0.2, -0.15) is 0 Å². The molecule has 1 aromatic heterocycles. The fourth-order valence-corrected chi connectivity index (χ4v) is 5.36. The second kappa shape index (κ2) is 6.41. The molecular formula is C17H24BrNOS. The van der Waals surface area contributed by atoms with Gasteiger partial charge in [-0.1, -0.05) is 22.9 Å². The first-order chi connectivity index (χ1) is 10.1. The molecule has 4 heteroatoms. The van der Waals surface area contributed by atoms with Crippen LogP contribution in [0.4, 0.5) is 0 Å². The van der Waals surface area contributed by atoms with E-state index < -0.39 is 0 Å². The van der Waals surface area contributed by atoms with Gasteiger partial charge < -0.3 is 5.32 Å². The number of aryl methyl sites for hydroxylation is 2. The van der Waals surface area contributed by atoms with E-state index in [-0.39, 0.29) is 11.4 Å². The van der Waals surface area contributed by atoms with Crippen LogP contribution in [0.25, 0.3) is 0 Å². The number of carbonyl (C=O) groups excluding carboxylic acids is 1. The minimum atomic E-state index is -0.0336. The lowest BCUT2D eigenvalue weighted by atomic mass is 9.78. The van der Waals surface area contributed by atoms with Gasteiger partial charge in [-0.05, 0) is 68.9 Å². The number of halogens is 1. The molecule has 1 fully saturated rings. The highest BCUT2D eigenvalue weighted by Gasteiger charge is 2.35. The maximum absolute atomic E-state index is 12.7. The van der Waals surface area contributed by atoms with E-state index in [0.717, 1.165) is 41.8 Å². The summed E-state index contributed by atoms with van der Waals surface area (Å²) in [6, 6.07) is 2.14. The van der Waals surface area contributed by atoms with Crippen molar-refractivity contribution in [1.82, 2.24) is 5.32 Å². The van der Waals surface area contributed by atoms with Crippen LogP contribution in [0.2, 0.25) is 0 Å². The molecule has 0 atom stereocenters. The summed E-state index contributed by atoms with van der Waals surface area (Å²) in [7, 11) is 0. The van der Waals surface area contributed by atoms with Gasteiger partial charge in [0, 0.05) is 10.2 Å². The quantitative estimate of drug-likeness (QED) is 0.768. The molecule has 0 unspecified atom stereocenters. The largest absolute Gasteiger partial charge is 0.345 e.